The molecule has 1 heterocycles. The van der Waals surface area contributed by atoms with E-state index >= 15 is 0 Å². The molecule has 0 saturated carbocycles. The molecule has 0 radical (unpaired) electrons. The zero-order valence-electron chi connectivity index (χ0n) is 18.6. The number of carbonyl (C=O) groups excluding carboxylic acids is 1. The number of ether oxygens (including phenoxy) is 1. The lowest BCUT2D eigenvalue weighted by atomic mass is 9.86. The summed E-state index contributed by atoms with van der Waals surface area (Å²) >= 11 is 0. The number of nitrogens with two attached hydrogens (primary N) is 1. The molecule has 2 aromatic carbocycles. The summed E-state index contributed by atoms with van der Waals surface area (Å²) in [7, 11) is -4.17. The molecule has 0 amide bonds. The molecule has 0 saturated heterocycles. The standard InChI is InChI=1S/C22H24N4O6S/c1-5-32-21(27)20-13-17(14-6-8-15(9-7-14)22(2,3)4)24-25(20)18-11-10-16(33(23,30)31)12-19(18)26(28)29/h6-13H,5H2,1-4H3,(H2,23,30,31). The summed E-state index contributed by atoms with van der Waals surface area (Å²) in [6.07, 6.45) is 0. The Morgan fingerprint density at radius 1 is 1.15 bits per heavy atom. The predicted molar refractivity (Wildman–Crippen MR) is 122 cm³/mol. The molecule has 3 rings (SSSR count). The number of aromatic nitrogens is 2. The van der Waals surface area contributed by atoms with Gasteiger partial charge < -0.3 is 4.74 Å². The molecular weight excluding hydrogens is 448 g/mol. The molecule has 2 N–H and O–H groups in total. The second-order valence-electron chi connectivity index (χ2n) is 8.33. The SMILES string of the molecule is CCOC(=O)c1cc(-c2ccc(C(C)(C)C)cc2)nn1-c1ccc(S(N)(=O)=O)cc1[N+](=O)[O-]. The smallest absolute Gasteiger partial charge is 0.357 e. The molecule has 0 spiro atoms. The van der Waals surface area contributed by atoms with Crippen LogP contribution in [0.2, 0.25) is 0 Å². The molecule has 3 aromatic rings. The molecule has 0 unspecified atom stereocenters. The Bertz CT molecular complexity index is 1320. The van der Waals surface area contributed by atoms with Gasteiger partial charge in [-0.3, -0.25) is 10.1 Å². The first-order chi connectivity index (χ1) is 15.3. The van der Waals surface area contributed by atoms with Crippen molar-refractivity contribution in [2.75, 3.05) is 6.61 Å². The molecular formula is C22H24N4O6S. The maximum Gasteiger partial charge on any atom is 0.357 e. The Labute approximate surface area is 191 Å². The second-order valence-corrected chi connectivity index (χ2v) is 9.89. The van der Waals surface area contributed by atoms with E-state index in [1.807, 2.05) is 24.3 Å². The fraction of sp³-hybridized carbons (Fsp3) is 0.273. The third-order valence-corrected chi connectivity index (χ3v) is 5.85. The molecule has 0 bridgehead atoms. The Balaban J connectivity index is 2.21. The van der Waals surface area contributed by atoms with Crippen LogP contribution in [0.1, 0.15) is 43.7 Å². The number of benzene rings is 2. The number of hydrogen-bond acceptors (Lipinski definition) is 7. The van der Waals surface area contributed by atoms with Gasteiger partial charge in [0.05, 0.1) is 22.1 Å². The van der Waals surface area contributed by atoms with Crippen molar-refractivity contribution in [1.29, 1.82) is 0 Å². The highest BCUT2D eigenvalue weighted by Gasteiger charge is 2.26. The second kappa shape index (κ2) is 8.75. The summed E-state index contributed by atoms with van der Waals surface area (Å²) in [6.45, 7) is 7.97. The number of esters is 1. The first kappa shape index (κ1) is 24.1. The van der Waals surface area contributed by atoms with Crippen LogP contribution in [0.25, 0.3) is 16.9 Å². The Morgan fingerprint density at radius 3 is 2.30 bits per heavy atom. The number of nitrogens with zero attached hydrogens (tertiary/aromatic N) is 3. The van der Waals surface area contributed by atoms with E-state index in [4.69, 9.17) is 9.88 Å². The highest BCUT2D eigenvalue weighted by Crippen LogP contribution is 2.30. The lowest BCUT2D eigenvalue weighted by Gasteiger charge is -2.18. The van der Waals surface area contributed by atoms with Crippen molar-refractivity contribution < 1.29 is 22.9 Å². The summed E-state index contributed by atoms with van der Waals surface area (Å²) in [5.74, 6) is -0.729. The van der Waals surface area contributed by atoms with Gasteiger partial charge in [-0.15, -0.1) is 0 Å². The number of hydrogen-bond donors (Lipinski definition) is 1. The number of carbonyl (C=O) groups is 1. The van der Waals surface area contributed by atoms with Crippen LogP contribution < -0.4 is 5.14 Å². The monoisotopic (exact) mass is 472 g/mol. The highest BCUT2D eigenvalue weighted by atomic mass is 32.2. The lowest BCUT2D eigenvalue weighted by Crippen LogP contribution is -2.15. The third kappa shape index (κ3) is 5.10. The van der Waals surface area contributed by atoms with Gasteiger partial charge in [-0.2, -0.15) is 5.10 Å². The van der Waals surface area contributed by atoms with E-state index in [0.717, 1.165) is 22.4 Å². The van der Waals surface area contributed by atoms with Crippen molar-refractivity contribution in [3.8, 4) is 16.9 Å². The highest BCUT2D eigenvalue weighted by molar-refractivity contribution is 7.89. The van der Waals surface area contributed by atoms with E-state index in [1.165, 1.54) is 12.1 Å². The minimum atomic E-state index is -4.17. The predicted octanol–water partition coefficient (Wildman–Crippen LogP) is 3.57. The van der Waals surface area contributed by atoms with E-state index in [2.05, 4.69) is 25.9 Å². The van der Waals surface area contributed by atoms with Crippen LogP contribution in [-0.4, -0.2) is 35.7 Å². The largest absolute Gasteiger partial charge is 0.461 e. The van der Waals surface area contributed by atoms with Crippen molar-refractivity contribution in [1.82, 2.24) is 9.78 Å². The average Bonchev–Trinajstić information content (AvgIpc) is 3.17. The van der Waals surface area contributed by atoms with Crippen LogP contribution in [0.4, 0.5) is 5.69 Å². The van der Waals surface area contributed by atoms with Gasteiger partial charge in [0.1, 0.15) is 5.69 Å². The molecule has 10 nitrogen and oxygen atoms in total. The summed E-state index contributed by atoms with van der Waals surface area (Å²) in [5.41, 5.74) is 1.40. The molecule has 33 heavy (non-hydrogen) atoms. The molecule has 0 aliphatic rings. The van der Waals surface area contributed by atoms with Crippen LogP contribution in [0.3, 0.4) is 0 Å². The fourth-order valence-corrected chi connectivity index (χ4v) is 3.74. The summed E-state index contributed by atoms with van der Waals surface area (Å²) in [4.78, 5) is 23.1. The lowest BCUT2D eigenvalue weighted by molar-refractivity contribution is -0.384. The molecule has 1 aromatic heterocycles. The number of sulfonamides is 1. The van der Waals surface area contributed by atoms with Crippen LogP contribution in [0, 0.1) is 10.1 Å². The summed E-state index contributed by atoms with van der Waals surface area (Å²) < 4.78 is 29.5. The van der Waals surface area contributed by atoms with Crippen molar-refractivity contribution >= 4 is 21.7 Å². The normalized spacial score (nSPS) is 11.9. The minimum Gasteiger partial charge on any atom is -0.461 e. The molecule has 11 heteroatoms. The van der Waals surface area contributed by atoms with Gasteiger partial charge in [0.25, 0.3) is 5.69 Å². The Hall–Kier alpha value is -3.57. The first-order valence-electron chi connectivity index (χ1n) is 10.0. The van der Waals surface area contributed by atoms with Crippen LogP contribution >= 0.6 is 0 Å². The molecule has 174 valence electrons. The van der Waals surface area contributed by atoms with Gasteiger partial charge >= 0.3 is 5.97 Å². The van der Waals surface area contributed by atoms with Gasteiger partial charge in [-0.1, -0.05) is 45.0 Å². The van der Waals surface area contributed by atoms with Gasteiger partial charge in [0, 0.05) is 11.6 Å². The Kier molecular flexibility index (Phi) is 6.39. The van der Waals surface area contributed by atoms with Crippen LogP contribution in [-0.2, 0) is 20.2 Å². The van der Waals surface area contributed by atoms with Gasteiger partial charge in [0.15, 0.2) is 5.69 Å². The molecule has 0 aliphatic carbocycles. The molecule has 0 aliphatic heterocycles. The van der Waals surface area contributed by atoms with Gasteiger partial charge in [-0.05, 0) is 36.1 Å². The molecule has 0 atom stereocenters. The van der Waals surface area contributed by atoms with E-state index in [-0.39, 0.29) is 23.4 Å². The van der Waals surface area contributed by atoms with Crippen molar-refractivity contribution in [2.45, 2.75) is 38.0 Å². The quantitative estimate of drug-likeness (QED) is 0.327. The van der Waals surface area contributed by atoms with Crippen molar-refractivity contribution in [3.05, 3.63) is 69.9 Å². The molecule has 0 fully saturated rings. The zero-order chi connectivity index (χ0) is 24.6. The van der Waals surface area contributed by atoms with Crippen molar-refractivity contribution in [2.24, 2.45) is 5.14 Å². The van der Waals surface area contributed by atoms with Gasteiger partial charge in [-0.25, -0.2) is 23.0 Å². The van der Waals surface area contributed by atoms with E-state index < -0.39 is 31.5 Å². The van der Waals surface area contributed by atoms with E-state index in [1.54, 1.807) is 6.92 Å². The van der Waals surface area contributed by atoms with Crippen LogP contribution in [0.15, 0.2) is 53.4 Å². The average molecular weight is 473 g/mol. The zero-order valence-corrected chi connectivity index (χ0v) is 19.4. The third-order valence-electron chi connectivity index (χ3n) is 4.94. The fourth-order valence-electron chi connectivity index (χ4n) is 3.20. The number of rotatable bonds is 6. The number of nitro benzene ring substituents is 1. The van der Waals surface area contributed by atoms with Crippen LogP contribution in [0.5, 0.6) is 0 Å². The maximum absolute atomic E-state index is 12.6. The number of nitro groups is 1. The van der Waals surface area contributed by atoms with E-state index in [0.29, 0.717) is 11.3 Å². The van der Waals surface area contributed by atoms with E-state index in [9.17, 15) is 23.3 Å². The van der Waals surface area contributed by atoms with Gasteiger partial charge in [0.2, 0.25) is 10.0 Å². The first-order valence-corrected chi connectivity index (χ1v) is 11.6. The Morgan fingerprint density at radius 2 is 1.79 bits per heavy atom. The van der Waals surface area contributed by atoms with Crippen molar-refractivity contribution in [3.63, 3.8) is 0 Å². The topological polar surface area (TPSA) is 147 Å². The number of primary sulfonamides is 1. The minimum absolute atomic E-state index is 0.0433. The maximum atomic E-state index is 12.6. The summed E-state index contributed by atoms with van der Waals surface area (Å²) in [5, 5.41) is 21.2. The summed E-state index contributed by atoms with van der Waals surface area (Å²) in [6, 6.07) is 12.2.